The van der Waals surface area contributed by atoms with Crippen molar-refractivity contribution in [2.75, 3.05) is 13.7 Å². The summed E-state index contributed by atoms with van der Waals surface area (Å²) in [4.78, 5) is 12.6. The third-order valence-electron chi connectivity index (χ3n) is 4.37. The van der Waals surface area contributed by atoms with Crippen molar-refractivity contribution in [1.29, 1.82) is 0 Å². The number of carbonyl (C=O) groups is 1. The van der Waals surface area contributed by atoms with Crippen molar-refractivity contribution in [2.45, 2.75) is 25.2 Å². The predicted molar refractivity (Wildman–Crippen MR) is 72.1 cm³/mol. The molecule has 21 heavy (non-hydrogen) atoms. The highest BCUT2D eigenvalue weighted by molar-refractivity contribution is 6.03. The molecule has 0 bridgehead atoms. The number of benzene rings is 1. The van der Waals surface area contributed by atoms with Crippen LogP contribution in [0.4, 0.5) is 0 Å². The molecule has 1 heterocycles. The number of ether oxygens (including phenoxy) is 2. The van der Waals surface area contributed by atoms with Gasteiger partial charge in [-0.1, -0.05) is 0 Å². The third kappa shape index (κ3) is 2.19. The predicted octanol–water partition coefficient (Wildman–Crippen LogP) is 0.992. The summed E-state index contributed by atoms with van der Waals surface area (Å²) in [5, 5.41) is 30.6. The zero-order chi connectivity index (χ0) is 15.4. The number of methoxy groups -OCH3 is 1. The number of hydrogen-bond acceptors (Lipinski definition) is 6. The van der Waals surface area contributed by atoms with E-state index in [-0.39, 0.29) is 30.1 Å². The summed E-state index contributed by atoms with van der Waals surface area (Å²) in [6.45, 7) is 1.54. The molecule has 1 fully saturated rings. The minimum atomic E-state index is -1.36. The van der Waals surface area contributed by atoms with Crippen LogP contribution in [-0.4, -0.2) is 40.6 Å². The number of fused-ring (bicyclic) bond motifs is 2. The first kappa shape index (κ1) is 14.3. The summed E-state index contributed by atoms with van der Waals surface area (Å²) in [5.41, 5.74) is 0.463. The van der Waals surface area contributed by atoms with Crippen molar-refractivity contribution in [3.63, 3.8) is 0 Å². The van der Waals surface area contributed by atoms with Crippen LogP contribution >= 0.6 is 0 Å². The van der Waals surface area contributed by atoms with E-state index in [1.807, 2.05) is 0 Å². The second-order valence-corrected chi connectivity index (χ2v) is 5.88. The molecule has 0 unspecified atom stereocenters. The van der Waals surface area contributed by atoms with Crippen molar-refractivity contribution in [3.05, 3.63) is 23.3 Å². The Balaban J connectivity index is 2.10. The van der Waals surface area contributed by atoms with Gasteiger partial charge >= 0.3 is 0 Å². The molecular formula is C15H18O6. The number of aliphatic hydroxyl groups excluding tert-OH is 1. The number of phenols is 1. The van der Waals surface area contributed by atoms with E-state index in [9.17, 15) is 20.1 Å². The molecule has 1 saturated heterocycles. The van der Waals surface area contributed by atoms with Crippen LogP contribution in [0.1, 0.15) is 35.4 Å². The van der Waals surface area contributed by atoms with Gasteiger partial charge in [-0.05, 0) is 18.6 Å². The summed E-state index contributed by atoms with van der Waals surface area (Å²) in [6.07, 6.45) is -0.804. The summed E-state index contributed by atoms with van der Waals surface area (Å²) in [5.74, 6) is -2.47. The molecule has 3 rings (SSSR count). The summed E-state index contributed by atoms with van der Waals surface area (Å²) >= 11 is 0. The number of phenolic OH excluding ortho intramolecular Hbond substituents is 1. The minimum absolute atomic E-state index is 0.0263. The van der Waals surface area contributed by atoms with Gasteiger partial charge in [0, 0.05) is 18.4 Å². The van der Waals surface area contributed by atoms with Crippen LogP contribution in [0.3, 0.4) is 0 Å². The SMILES string of the molecule is COc1cc(O)c2c(c1)[C@H](O)[C@H]1C[C@@](C)(O)OC[C@@H]1C2=O. The van der Waals surface area contributed by atoms with Crippen LogP contribution in [0.5, 0.6) is 11.5 Å². The van der Waals surface area contributed by atoms with Crippen LogP contribution in [0, 0.1) is 11.8 Å². The van der Waals surface area contributed by atoms with Crippen molar-refractivity contribution >= 4 is 5.78 Å². The fourth-order valence-electron chi connectivity index (χ4n) is 3.29. The van der Waals surface area contributed by atoms with Gasteiger partial charge in [-0.25, -0.2) is 0 Å². The number of carbonyl (C=O) groups excluding carboxylic acids is 1. The quantitative estimate of drug-likeness (QED) is 0.715. The zero-order valence-corrected chi connectivity index (χ0v) is 11.9. The molecule has 2 aliphatic rings. The molecule has 0 spiro atoms. The topological polar surface area (TPSA) is 96.2 Å². The number of aromatic hydroxyl groups is 1. The first-order chi connectivity index (χ1) is 9.84. The van der Waals surface area contributed by atoms with E-state index >= 15 is 0 Å². The van der Waals surface area contributed by atoms with Gasteiger partial charge in [0.25, 0.3) is 0 Å². The maximum absolute atomic E-state index is 12.6. The van der Waals surface area contributed by atoms with Gasteiger partial charge in [-0.15, -0.1) is 0 Å². The lowest BCUT2D eigenvalue weighted by atomic mass is 9.69. The zero-order valence-electron chi connectivity index (χ0n) is 11.9. The number of Topliss-reactive ketones (excluding diaryl/α,β-unsaturated/α-hetero) is 1. The summed E-state index contributed by atoms with van der Waals surface area (Å²) in [6, 6.07) is 2.90. The maximum atomic E-state index is 12.6. The van der Waals surface area contributed by atoms with E-state index < -0.39 is 23.7 Å². The number of ketones is 1. The highest BCUT2D eigenvalue weighted by atomic mass is 16.6. The minimum Gasteiger partial charge on any atom is -0.507 e. The Morgan fingerprint density at radius 3 is 2.81 bits per heavy atom. The van der Waals surface area contributed by atoms with Crippen LogP contribution in [-0.2, 0) is 4.74 Å². The third-order valence-corrected chi connectivity index (χ3v) is 4.37. The second kappa shape index (κ2) is 4.69. The molecular weight excluding hydrogens is 276 g/mol. The normalized spacial score (nSPS) is 35.0. The standard InChI is InChI=1S/C15H18O6/c1-15(19)5-9-10(6-21-15)14(18)12-8(13(9)17)3-7(20-2)4-11(12)16/h3-4,9-10,13,16-17,19H,5-6H2,1-2H3/t9-,10-,13-,15-/m0/s1. The van der Waals surface area contributed by atoms with Crippen LogP contribution in [0.2, 0.25) is 0 Å². The van der Waals surface area contributed by atoms with E-state index in [0.29, 0.717) is 11.3 Å². The Labute approximate surface area is 121 Å². The molecule has 6 heteroatoms. The largest absolute Gasteiger partial charge is 0.507 e. The second-order valence-electron chi connectivity index (χ2n) is 5.88. The molecule has 1 aromatic carbocycles. The molecule has 3 N–H and O–H groups in total. The first-order valence-electron chi connectivity index (χ1n) is 6.83. The van der Waals surface area contributed by atoms with E-state index in [2.05, 4.69) is 0 Å². The maximum Gasteiger partial charge on any atom is 0.172 e. The Hall–Kier alpha value is -1.63. The van der Waals surface area contributed by atoms with Crippen molar-refractivity contribution in [1.82, 2.24) is 0 Å². The summed E-state index contributed by atoms with van der Waals surface area (Å²) < 4.78 is 10.3. The Bertz CT molecular complexity index is 594. The fraction of sp³-hybridized carbons (Fsp3) is 0.533. The molecule has 0 saturated carbocycles. The molecule has 1 aromatic rings. The van der Waals surface area contributed by atoms with Gasteiger partial charge in [0.1, 0.15) is 11.5 Å². The van der Waals surface area contributed by atoms with E-state index in [1.54, 1.807) is 6.07 Å². The van der Waals surface area contributed by atoms with Crippen LogP contribution < -0.4 is 4.74 Å². The molecule has 0 aromatic heterocycles. The lowest BCUT2D eigenvalue weighted by Gasteiger charge is -2.44. The van der Waals surface area contributed by atoms with Gasteiger partial charge in [-0.3, -0.25) is 4.79 Å². The first-order valence-corrected chi connectivity index (χ1v) is 6.83. The van der Waals surface area contributed by atoms with Crippen molar-refractivity contribution in [2.24, 2.45) is 11.8 Å². The Morgan fingerprint density at radius 2 is 2.14 bits per heavy atom. The number of rotatable bonds is 1. The Kier molecular flexibility index (Phi) is 3.20. The molecule has 6 nitrogen and oxygen atoms in total. The fourth-order valence-corrected chi connectivity index (χ4v) is 3.29. The molecule has 1 aliphatic heterocycles. The van der Waals surface area contributed by atoms with Gasteiger partial charge < -0.3 is 24.8 Å². The van der Waals surface area contributed by atoms with Crippen molar-refractivity contribution < 1.29 is 29.6 Å². The highest BCUT2D eigenvalue weighted by Gasteiger charge is 2.49. The summed E-state index contributed by atoms with van der Waals surface area (Å²) in [7, 11) is 1.44. The Morgan fingerprint density at radius 1 is 1.43 bits per heavy atom. The van der Waals surface area contributed by atoms with E-state index in [4.69, 9.17) is 9.47 Å². The van der Waals surface area contributed by atoms with Gasteiger partial charge in [0.2, 0.25) is 0 Å². The molecule has 4 atom stereocenters. The van der Waals surface area contributed by atoms with Gasteiger partial charge in [-0.2, -0.15) is 0 Å². The molecule has 0 amide bonds. The lowest BCUT2D eigenvalue weighted by molar-refractivity contribution is -0.242. The average Bonchev–Trinajstić information content (AvgIpc) is 2.42. The molecule has 0 radical (unpaired) electrons. The number of aliphatic hydroxyl groups is 2. The average molecular weight is 294 g/mol. The van der Waals surface area contributed by atoms with Crippen LogP contribution in [0.25, 0.3) is 0 Å². The highest BCUT2D eigenvalue weighted by Crippen LogP contribution is 2.48. The van der Waals surface area contributed by atoms with Crippen LogP contribution in [0.15, 0.2) is 12.1 Å². The van der Waals surface area contributed by atoms with Crippen molar-refractivity contribution in [3.8, 4) is 11.5 Å². The van der Waals surface area contributed by atoms with E-state index in [0.717, 1.165) is 0 Å². The smallest absolute Gasteiger partial charge is 0.172 e. The molecule has 114 valence electrons. The van der Waals surface area contributed by atoms with Gasteiger partial charge in [0.15, 0.2) is 11.6 Å². The van der Waals surface area contributed by atoms with Gasteiger partial charge in [0.05, 0.1) is 31.3 Å². The molecule has 1 aliphatic carbocycles. The monoisotopic (exact) mass is 294 g/mol. The van der Waals surface area contributed by atoms with E-state index in [1.165, 1.54) is 20.1 Å². The number of hydrogen-bond donors (Lipinski definition) is 3. The lowest BCUT2D eigenvalue weighted by Crippen LogP contribution is -2.48.